The van der Waals surface area contributed by atoms with E-state index < -0.39 is 10.0 Å². The second kappa shape index (κ2) is 9.28. The SMILES string of the molecule is Cc1ccccc1CNc1ccc(S(=O)(=O)N[C@H](C)C2CCN(C)CC2)cc1C. The minimum atomic E-state index is -3.53. The Hall–Kier alpha value is -1.89. The van der Waals surface area contributed by atoms with Gasteiger partial charge in [0, 0.05) is 18.3 Å². The van der Waals surface area contributed by atoms with Crippen molar-refractivity contribution in [3.8, 4) is 0 Å². The van der Waals surface area contributed by atoms with E-state index >= 15 is 0 Å². The first kappa shape index (κ1) is 21.8. The van der Waals surface area contributed by atoms with Gasteiger partial charge < -0.3 is 10.2 Å². The second-order valence-corrected chi connectivity index (χ2v) is 10.0. The Morgan fingerprint density at radius 3 is 2.41 bits per heavy atom. The standard InChI is InChI=1S/C23H33N3O2S/c1-17-7-5-6-8-21(17)16-24-23-10-9-22(15-18(23)2)29(27,28)25-19(3)20-11-13-26(4)14-12-20/h5-10,15,19-20,24-25H,11-14,16H2,1-4H3/t19-/m1/s1. The maximum atomic E-state index is 12.9. The number of aryl methyl sites for hydroxylation is 2. The molecule has 29 heavy (non-hydrogen) atoms. The normalized spacial score (nSPS) is 17.2. The lowest BCUT2D eigenvalue weighted by atomic mass is 9.91. The third-order valence-corrected chi connectivity index (χ3v) is 7.61. The first-order valence-electron chi connectivity index (χ1n) is 10.4. The monoisotopic (exact) mass is 415 g/mol. The Balaban J connectivity index is 1.65. The molecule has 3 rings (SSSR count). The quantitative estimate of drug-likeness (QED) is 0.719. The van der Waals surface area contributed by atoms with Gasteiger partial charge in [-0.2, -0.15) is 0 Å². The van der Waals surface area contributed by atoms with Crippen LogP contribution in [0.25, 0.3) is 0 Å². The fraction of sp³-hybridized carbons (Fsp3) is 0.478. The molecule has 1 saturated heterocycles. The lowest BCUT2D eigenvalue weighted by Crippen LogP contribution is -2.42. The van der Waals surface area contributed by atoms with Crippen LogP contribution in [-0.2, 0) is 16.6 Å². The molecular weight excluding hydrogens is 382 g/mol. The summed E-state index contributed by atoms with van der Waals surface area (Å²) in [6.45, 7) is 8.79. The van der Waals surface area contributed by atoms with Crippen LogP contribution in [0.5, 0.6) is 0 Å². The van der Waals surface area contributed by atoms with Gasteiger partial charge in [-0.1, -0.05) is 24.3 Å². The van der Waals surface area contributed by atoms with Crippen LogP contribution in [0.1, 0.15) is 36.5 Å². The van der Waals surface area contributed by atoms with Gasteiger partial charge in [-0.15, -0.1) is 0 Å². The third kappa shape index (κ3) is 5.59. The van der Waals surface area contributed by atoms with E-state index in [1.165, 1.54) is 11.1 Å². The number of nitrogens with zero attached hydrogens (tertiary/aromatic N) is 1. The summed E-state index contributed by atoms with van der Waals surface area (Å²) in [5.74, 6) is 0.386. The predicted octanol–water partition coefficient (Wildman–Crippen LogP) is 3.92. The van der Waals surface area contributed by atoms with E-state index in [4.69, 9.17) is 0 Å². The Bertz CT molecular complexity index is 935. The van der Waals surface area contributed by atoms with Crippen LogP contribution in [0.4, 0.5) is 5.69 Å². The Kier molecular flexibility index (Phi) is 6.98. The van der Waals surface area contributed by atoms with Gasteiger partial charge in [-0.3, -0.25) is 0 Å². The third-order valence-electron chi connectivity index (χ3n) is 6.05. The molecule has 0 amide bonds. The summed E-state index contributed by atoms with van der Waals surface area (Å²) in [7, 11) is -1.41. The van der Waals surface area contributed by atoms with Crippen molar-refractivity contribution < 1.29 is 8.42 Å². The highest BCUT2D eigenvalue weighted by Gasteiger charge is 2.26. The van der Waals surface area contributed by atoms with Gasteiger partial charge in [0.1, 0.15) is 0 Å². The van der Waals surface area contributed by atoms with Crippen LogP contribution < -0.4 is 10.0 Å². The Morgan fingerprint density at radius 2 is 1.76 bits per heavy atom. The molecule has 0 saturated carbocycles. The molecule has 5 nitrogen and oxygen atoms in total. The summed E-state index contributed by atoms with van der Waals surface area (Å²) in [6.07, 6.45) is 2.06. The van der Waals surface area contributed by atoms with E-state index in [1.807, 2.05) is 32.0 Å². The van der Waals surface area contributed by atoms with E-state index in [9.17, 15) is 8.42 Å². The van der Waals surface area contributed by atoms with Gasteiger partial charge in [-0.25, -0.2) is 13.1 Å². The molecular formula is C23H33N3O2S. The summed E-state index contributed by atoms with van der Waals surface area (Å²) in [4.78, 5) is 2.63. The maximum Gasteiger partial charge on any atom is 0.240 e. The summed E-state index contributed by atoms with van der Waals surface area (Å²) < 4.78 is 28.7. The van der Waals surface area contributed by atoms with Crippen LogP contribution in [0, 0.1) is 19.8 Å². The fourth-order valence-electron chi connectivity index (χ4n) is 3.94. The molecule has 0 radical (unpaired) electrons. The number of hydrogen-bond acceptors (Lipinski definition) is 4. The minimum absolute atomic E-state index is 0.0622. The number of anilines is 1. The average molecular weight is 416 g/mol. The van der Waals surface area contributed by atoms with E-state index in [0.717, 1.165) is 37.2 Å². The molecule has 0 spiro atoms. The van der Waals surface area contributed by atoms with Crippen molar-refractivity contribution in [1.82, 2.24) is 9.62 Å². The topological polar surface area (TPSA) is 61.4 Å². The molecule has 0 bridgehead atoms. The molecule has 1 aliphatic rings. The van der Waals surface area contributed by atoms with Crippen LogP contribution in [0.2, 0.25) is 0 Å². The first-order chi connectivity index (χ1) is 13.8. The number of sulfonamides is 1. The zero-order chi connectivity index (χ0) is 21.0. The van der Waals surface area contributed by atoms with Crippen LogP contribution >= 0.6 is 0 Å². The number of hydrogen-bond donors (Lipinski definition) is 2. The molecule has 2 N–H and O–H groups in total. The molecule has 0 aliphatic carbocycles. The molecule has 2 aromatic carbocycles. The van der Waals surface area contributed by atoms with Crippen molar-refractivity contribution in [2.45, 2.75) is 51.1 Å². The Labute approximate surface area is 175 Å². The molecule has 0 aromatic heterocycles. The Morgan fingerprint density at radius 1 is 1.07 bits per heavy atom. The second-order valence-electron chi connectivity index (χ2n) is 8.31. The van der Waals surface area contributed by atoms with Crippen molar-refractivity contribution in [2.75, 3.05) is 25.5 Å². The number of piperidine rings is 1. The highest BCUT2D eigenvalue weighted by molar-refractivity contribution is 7.89. The van der Waals surface area contributed by atoms with Gasteiger partial charge in [0.25, 0.3) is 0 Å². The number of benzene rings is 2. The van der Waals surface area contributed by atoms with E-state index in [0.29, 0.717) is 17.4 Å². The molecule has 0 unspecified atom stereocenters. The van der Waals surface area contributed by atoms with Crippen molar-refractivity contribution in [1.29, 1.82) is 0 Å². The largest absolute Gasteiger partial charge is 0.381 e. The zero-order valence-electron chi connectivity index (χ0n) is 17.9. The first-order valence-corrected chi connectivity index (χ1v) is 11.8. The lowest BCUT2D eigenvalue weighted by Gasteiger charge is -2.32. The molecule has 1 atom stereocenters. The van der Waals surface area contributed by atoms with Crippen LogP contribution in [-0.4, -0.2) is 39.5 Å². The summed E-state index contributed by atoms with van der Waals surface area (Å²) >= 11 is 0. The average Bonchev–Trinajstić information content (AvgIpc) is 2.68. The molecule has 158 valence electrons. The molecule has 6 heteroatoms. The van der Waals surface area contributed by atoms with E-state index in [2.05, 4.69) is 41.0 Å². The van der Waals surface area contributed by atoms with Crippen LogP contribution in [0.3, 0.4) is 0 Å². The highest BCUT2D eigenvalue weighted by atomic mass is 32.2. The minimum Gasteiger partial charge on any atom is -0.381 e. The van der Waals surface area contributed by atoms with Gasteiger partial charge in [0.15, 0.2) is 0 Å². The molecule has 1 aliphatic heterocycles. The summed E-state index contributed by atoms with van der Waals surface area (Å²) in [6, 6.07) is 13.5. The summed E-state index contributed by atoms with van der Waals surface area (Å²) in [5, 5.41) is 3.43. The highest BCUT2D eigenvalue weighted by Crippen LogP contribution is 2.24. The summed E-state index contributed by atoms with van der Waals surface area (Å²) in [5.41, 5.74) is 4.35. The lowest BCUT2D eigenvalue weighted by molar-refractivity contribution is 0.198. The zero-order valence-corrected chi connectivity index (χ0v) is 18.7. The molecule has 2 aromatic rings. The van der Waals surface area contributed by atoms with E-state index in [-0.39, 0.29) is 6.04 Å². The number of likely N-dealkylation sites (tertiary alicyclic amines) is 1. The number of rotatable bonds is 7. The van der Waals surface area contributed by atoms with Crippen LogP contribution in [0.15, 0.2) is 47.4 Å². The fourth-order valence-corrected chi connectivity index (χ4v) is 5.34. The van der Waals surface area contributed by atoms with Gasteiger partial charge in [0.05, 0.1) is 4.90 Å². The number of nitrogens with one attached hydrogen (secondary N) is 2. The van der Waals surface area contributed by atoms with E-state index in [1.54, 1.807) is 12.1 Å². The van der Waals surface area contributed by atoms with Crippen molar-refractivity contribution in [3.05, 3.63) is 59.2 Å². The predicted molar refractivity (Wildman–Crippen MR) is 120 cm³/mol. The van der Waals surface area contributed by atoms with Gasteiger partial charge >= 0.3 is 0 Å². The van der Waals surface area contributed by atoms with Gasteiger partial charge in [-0.05, 0) is 94.6 Å². The van der Waals surface area contributed by atoms with Crippen molar-refractivity contribution >= 4 is 15.7 Å². The smallest absolute Gasteiger partial charge is 0.240 e. The van der Waals surface area contributed by atoms with Gasteiger partial charge in [0.2, 0.25) is 10.0 Å². The molecule has 1 heterocycles. The molecule has 1 fully saturated rings. The maximum absolute atomic E-state index is 12.9. The van der Waals surface area contributed by atoms with Crippen molar-refractivity contribution in [3.63, 3.8) is 0 Å². The van der Waals surface area contributed by atoms with Crippen molar-refractivity contribution in [2.24, 2.45) is 5.92 Å².